The summed E-state index contributed by atoms with van der Waals surface area (Å²) in [4.78, 5) is 27.0. The van der Waals surface area contributed by atoms with Crippen LogP contribution >= 0.6 is 12.2 Å². The van der Waals surface area contributed by atoms with Crippen LogP contribution in [0.3, 0.4) is 0 Å². The molecular formula is C24H26FN3O4S. The van der Waals surface area contributed by atoms with Crippen LogP contribution in [0, 0.1) is 12.7 Å². The summed E-state index contributed by atoms with van der Waals surface area (Å²) < 4.78 is 19.7. The lowest BCUT2D eigenvalue weighted by Crippen LogP contribution is -2.49. The van der Waals surface area contributed by atoms with E-state index in [2.05, 4.69) is 5.32 Å². The molecule has 0 aromatic heterocycles. The summed E-state index contributed by atoms with van der Waals surface area (Å²) in [6, 6.07) is 11.3. The average molecular weight is 472 g/mol. The van der Waals surface area contributed by atoms with Crippen LogP contribution in [0.15, 0.2) is 53.7 Å². The molecule has 7 nitrogen and oxygen atoms in total. The largest absolute Gasteiger partial charge is 0.493 e. The molecule has 1 amide bonds. The van der Waals surface area contributed by atoms with Crippen molar-refractivity contribution in [2.24, 2.45) is 0 Å². The Hall–Kier alpha value is -3.46. The number of hydrogen-bond acceptors (Lipinski definition) is 4. The van der Waals surface area contributed by atoms with Crippen molar-refractivity contribution in [3.8, 4) is 5.75 Å². The molecule has 0 aliphatic carbocycles. The fourth-order valence-electron chi connectivity index (χ4n) is 3.56. The zero-order valence-corrected chi connectivity index (χ0v) is 19.7. The molecule has 2 aromatic rings. The summed E-state index contributed by atoms with van der Waals surface area (Å²) in [5.41, 5.74) is 2.91. The molecule has 1 aliphatic heterocycles. The number of ether oxygens (including phenoxy) is 1. The van der Waals surface area contributed by atoms with Gasteiger partial charge in [-0.05, 0) is 61.5 Å². The number of carbonyl (C=O) groups is 2. The second-order valence-electron chi connectivity index (χ2n) is 7.91. The van der Waals surface area contributed by atoms with Gasteiger partial charge in [0.25, 0.3) is 5.91 Å². The molecule has 0 spiro atoms. The summed E-state index contributed by atoms with van der Waals surface area (Å²) in [6.07, 6.45) is -0.0982. The minimum absolute atomic E-state index is 0.0614. The fraction of sp³-hybridized carbons (Fsp3) is 0.292. The number of rotatable bonds is 7. The zero-order valence-electron chi connectivity index (χ0n) is 18.9. The van der Waals surface area contributed by atoms with Gasteiger partial charge in [-0.25, -0.2) is 4.39 Å². The molecule has 174 valence electrons. The Kier molecular flexibility index (Phi) is 7.33. The van der Waals surface area contributed by atoms with Crippen molar-refractivity contribution in [1.29, 1.82) is 0 Å². The number of allylic oxidation sites excluding steroid dienone is 1. The fourth-order valence-corrected chi connectivity index (χ4v) is 3.92. The number of halogens is 1. The van der Waals surface area contributed by atoms with Gasteiger partial charge in [0.05, 0.1) is 30.3 Å². The van der Waals surface area contributed by atoms with Crippen molar-refractivity contribution >= 4 is 34.9 Å². The predicted octanol–water partition coefficient (Wildman–Crippen LogP) is 3.79. The number of hydrogen-bond donors (Lipinski definition) is 2. The van der Waals surface area contributed by atoms with E-state index < -0.39 is 12.0 Å². The summed E-state index contributed by atoms with van der Waals surface area (Å²) in [7, 11) is 3.34. The number of thiocarbonyl (C=S) groups is 1. The maximum absolute atomic E-state index is 14.3. The van der Waals surface area contributed by atoms with Crippen LogP contribution in [0.2, 0.25) is 0 Å². The highest BCUT2D eigenvalue weighted by Gasteiger charge is 2.35. The molecule has 1 heterocycles. The summed E-state index contributed by atoms with van der Waals surface area (Å²) in [5.74, 6) is -0.968. The molecule has 2 N–H and O–H groups in total. The van der Waals surface area contributed by atoms with Crippen molar-refractivity contribution in [2.75, 3.05) is 25.6 Å². The van der Waals surface area contributed by atoms with E-state index in [1.807, 2.05) is 0 Å². The monoisotopic (exact) mass is 471 g/mol. The van der Waals surface area contributed by atoms with Crippen molar-refractivity contribution in [3.05, 3.63) is 70.7 Å². The molecule has 0 fully saturated rings. The molecule has 0 bridgehead atoms. The zero-order chi connectivity index (χ0) is 24.3. The van der Waals surface area contributed by atoms with Gasteiger partial charge in [0.2, 0.25) is 0 Å². The minimum atomic E-state index is -0.933. The van der Waals surface area contributed by atoms with E-state index in [1.165, 1.54) is 11.0 Å². The predicted molar refractivity (Wildman–Crippen MR) is 128 cm³/mol. The molecule has 1 unspecified atom stereocenters. The number of carbonyl (C=O) groups excluding carboxylic acids is 1. The molecule has 0 saturated carbocycles. The van der Waals surface area contributed by atoms with E-state index in [-0.39, 0.29) is 24.8 Å². The van der Waals surface area contributed by atoms with Crippen molar-refractivity contribution in [2.45, 2.75) is 26.3 Å². The number of nitrogens with one attached hydrogen (secondary N) is 1. The Morgan fingerprint density at radius 2 is 1.85 bits per heavy atom. The van der Waals surface area contributed by atoms with Gasteiger partial charge < -0.3 is 20.1 Å². The minimum Gasteiger partial charge on any atom is -0.493 e. The third-order valence-electron chi connectivity index (χ3n) is 5.33. The number of aliphatic carboxylic acids is 1. The van der Waals surface area contributed by atoms with Gasteiger partial charge in [0, 0.05) is 19.8 Å². The van der Waals surface area contributed by atoms with Gasteiger partial charge in [-0.1, -0.05) is 18.2 Å². The van der Waals surface area contributed by atoms with Crippen LogP contribution in [-0.4, -0.2) is 47.7 Å². The third-order valence-corrected chi connectivity index (χ3v) is 5.63. The van der Waals surface area contributed by atoms with Crippen molar-refractivity contribution in [1.82, 2.24) is 10.2 Å². The lowest BCUT2D eigenvalue weighted by molar-refractivity contribution is -0.137. The van der Waals surface area contributed by atoms with Gasteiger partial charge >= 0.3 is 5.97 Å². The number of anilines is 1. The van der Waals surface area contributed by atoms with Crippen LogP contribution in [0.4, 0.5) is 10.1 Å². The number of amides is 1. The summed E-state index contributed by atoms with van der Waals surface area (Å²) >= 11 is 5.61. The Balaban J connectivity index is 1.99. The number of aryl methyl sites for hydroxylation is 1. The van der Waals surface area contributed by atoms with E-state index in [0.29, 0.717) is 33.4 Å². The number of likely N-dealkylation sites (N-methyl/N-ethyl adjacent to an activating group) is 1. The molecule has 0 saturated heterocycles. The van der Waals surface area contributed by atoms with E-state index in [4.69, 9.17) is 22.1 Å². The highest BCUT2D eigenvalue weighted by atomic mass is 32.1. The Bertz CT molecular complexity index is 1120. The van der Waals surface area contributed by atoms with Crippen LogP contribution in [0.25, 0.3) is 0 Å². The maximum atomic E-state index is 14.3. The molecule has 3 rings (SSSR count). The van der Waals surface area contributed by atoms with Crippen molar-refractivity contribution in [3.63, 3.8) is 0 Å². The normalized spacial score (nSPS) is 15.8. The highest BCUT2D eigenvalue weighted by Crippen LogP contribution is 2.35. The molecular weight excluding hydrogens is 445 g/mol. The molecule has 1 aliphatic rings. The second kappa shape index (κ2) is 9.99. The number of nitrogens with zero attached hydrogens (tertiary/aromatic N) is 2. The Morgan fingerprint density at radius 3 is 2.42 bits per heavy atom. The number of benzene rings is 2. The Morgan fingerprint density at radius 1 is 1.18 bits per heavy atom. The summed E-state index contributed by atoms with van der Waals surface area (Å²) in [5, 5.41) is 12.3. The highest BCUT2D eigenvalue weighted by molar-refractivity contribution is 7.80. The van der Waals surface area contributed by atoms with Crippen LogP contribution in [0.5, 0.6) is 5.75 Å². The van der Waals surface area contributed by atoms with Gasteiger partial charge in [0.15, 0.2) is 5.11 Å². The van der Waals surface area contributed by atoms with Crippen LogP contribution in [-0.2, 0) is 9.59 Å². The van der Waals surface area contributed by atoms with Gasteiger partial charge in [0.1, 0.15) is 11.6 Å². The SMILES string of the molecule is CC1=C(C(=O)N(C)C)C(c2ccc(OCCC(=O)O)cc2)NC(=S)N1c1ccc(C)c(F)c1. The summed E-state index contributed by atoms with van der Waals surface area (Å²) in [6.45, 7) is 3.53. The smallest absolute Gasteiger partial charge is 0.306 e. The van der Waals surface area contributed by atoms with Crippen molar-refractivity contribution < 1.29 is 23.8 Å². The molecule has 0 radical (unpaired) electrons. The molecule has 33 heavy (non-hydrogen) atoms. The van der Waals surface area contributed by atoms with Gasteiger partial charge in [-0.15, -0.1) is 0 Å². The average Bonchev–Trinajstić information content (AvgIpc) is 2.75. The number of carboxylic acids is 1. The van der Waals surface area contributed by atoms with Crippen LogP contribution in [0.1, 0.15) is 30.5 Å². The molecule has 9 heteroatoms. The van der Waals surface area contributed by atoms with Gasteiger partial charge in [-0.3, -0.25) is 14.5 Å². The van der Waals surface area contributed by atoms with Gasteiger partial charge in [-0.2, -0.15) is 0 Å². The lowest BCUT2D eigenvalue weighted by Gasteiger charge is -2.38. The third kappa shape index (κ3) is 5.31. The number of carboxylic acid groups (broad SMARTS) is 1. The molecule has 1 atom stereocenters. The van der Waals surface area contributed by atoms with E-state index in [0.717, 1.165) is 5.56 Å². The quantitative estimate of drug-likeness (QED) is 0.595. The van der Waals surface area contributed by atoms with E-state index in [1.54, 1.807) is 69.2 Å². The topological polar surface area (TPSA) is 82.1 Å². The molecule has 2 aromatic carbocycles. The first-order valence-corrected chi connectivity index (χ1v) is 10.7. The van der Waals surface area contributed by atoms with Crippen LogP contribution < -0.4 is 15.0 Å². The Labute approximate surface area is 197 Å². The van der Waals surface area contributed by atoms with E-state index in [9.17, 15) is 14.0 Å². The maximum Gasteiger partial charge on any atom is 0.306 e. The standard InChI is InChI=1S/C24H26FN3O4S/c1-14-5-8-17(13-19(14)25)28-15(2)21(23(31)27(3)4)22(26-24(28)33)16-6-9-18(10-7-16)32-12-11-20(29)30/h5-10,13,22H,11-12H2,1-4H3,(H,26,33)(H,29,30). The first-order chi connectivity index (χ1) is 15.6. The van der Waals surface area contributed by atoms with E-state index >= 15 is 0 Å². The first-order valence-electron chi connectivity index (χ1n) is 10.3. The first kappa shape index (κ1) is 24.2. The second-order valence-corrected chi connectivity index (χ2v) is 8.30. The lowest BCUT2D eigenvalue weighted by atomic mass is 9.93.